The molecule has 3 heterocycles. The van der Waals surface area contributed by atoms with Crippen LogP contribution in [0, 0.1) is 5.92 Å². The van der Waals surface area contributed by atoms with Crippen molar-refractivity contribution in [2.45, 2.75) is 25.7 Å². The first-order valence-electron chi connectivity index (χ1n) is 8.29. The van der Waals surface area contributed by atoms with Crippen LogP contribution in [-0.4, -0.2) is 52.9 Å². The van der Waals surface area contributed by atoms with E-state index in [0.717, 1.165) is 50.3 Å². The Morgan fingerprint density at radius 3 is 2.79 bits per heavy atom. The lowest BCUT2D eigenvalue weighted by molar-refractivity contribution is 0.0728. The highest BCUT2D eigenvalue weighted by molar-refractivity contribution is 5.91. The number of nitrogens with zero attached hydrogens (tertiary/aromatic N) is 5. The maximum atomic E-state index is 12.3. The van der Waals surface area contributed by atoms with Crippen molar-refractivity contribution in [3.8, 4) is 0 Å². The normalized spacial score (nSPS) is 18.2. The molecule has 1 amide bonds. The van der Waals surface area contributed by atoms with Gasteiger partial charge >= 0.3 is 0 Å². The molecule has 0 aliphatic carbocycles. The van der Waals surface area contributed by atoms with E-state index in [1.807, 2.05) is 36.3 Å². The lowest BCUT2D eigenvalue weighted by atomic mass is 9.95. The number of anilines is 1. The molecule has 0 saturated carbocycles. The van der Waals surface area contributed by atoms with Gasteiger partial charge in [-0.3, -0.25) is 9.78 Å². The zero-order valence-electron chi connectivity index (χ0n) is 14.2. The van der Waals surface area contributed by atoms with E-state index in [1.54, 1.807) is 0 Å². The summed E-state index contributed by atoms with van der Waals surface area (Å²) in [6, 6.07) is 0. The van der Waals surface area contributed by atoms with Crippen LogP contribution < -0.4 is 4.90 Å². The van der Waals surface area contributed by atoms with Crippen LogP contribution in [-0.2, 0) is 6.42 Å². The van der Waals surface area contributed by atoms with Crippen molar-refractivity contribution >= 4 is 11.7 Å². The molecule has 0 spiro atoms. The van der Waals surface area contributed by atoms with Gasteiger partial charge in [0.05, 0.1) is 24.3 Å². The van der Waals surface area contributed by atoms with Gasteiger partial charge in [-0.15, -0.1) is 0 Å². The first-order valence-corrected chi connectivity index (χ1v) is 8.29. The standard InChI is InChI=1S/C17H23N5O2/c1-21(2)16-11-19-14(9-20-16)8-13-4-3-6-22(7-5-13)17(23)15-10-18-12-24-15/h9-13H,3-8H2,1-2H3/t13-/m0/s1. The largest absolute Gasteiger partial charge is 0.438 e. The lowest BCUT2D eigenvalue weighted by Gasteiger charge is -2.19. The molecule has 0 aromatic carbocycles. The number of oxazole rings is 1. The van der Waals surface area contributed by atoms with Crippen molar-refractivity contribution < 1.29 is 9.21 Å². The van der Waals surface area contributed by atoms with E-state index in [4.69, 9.17) is 4.42 Å². The second-order valence-electron chi connectivity index (χ2n) is 6.42. The molecule has 7 heteroatoms. The third-order valence-electron chi connectivity index (χ3n) is 4.43. The molecule has 7 nitrogen and oxygen atoms in total. The highest BCUT2D eigenvalue weighted by Crippen LogP contribution is 2.22. The molecule has 0 radical (unpaired) electrons. The van der Waals surface area contributed by atoms with Gasteiger partial charge in [0.25, 0.3) is 5.91 Å². The van der Waals surface area contributed by atoms with Crippen LogP contribution in [0.2, 0.25) is 0 Å². The van der Waals surface area contributed by atoms with Crippen molar-refractivity contribution in [2.24, 2.45) is 5.92 Å². The van der Waals surface area contributed by atoms with Crippen molar-refractivity contribution in [3.63, 3.8) is 0 Å². The summed E-state index contributed by atoms with van der Waals surface area (Å²) in [6.07, 6.45) is 10.4. The molecule has 0 bridgehead atoms. The number of rotatable bonds is 4. The molecule has 128 valence electrons. The van der Waals surface area contributed by atoms with Crippen LogP contribution in [0.15, 0.2) is 29.4 Å². The Bertz CT molecular complexity index is 654. The first kappa shape index (κ1) is 16.4. The smallest absolute Gasteiger partial charge is 0.291 e. The minimum absolute atomic E-state index is 0.0664. The summed E-state index contributed by atoms with van der Waals surface area (Å²) in [6.45, 7) is 1.51. The van der Waals surface area contributed by atoms with Gasteiger partial charge in [0.1, 0.15) is 5.82 Å². The Kier molecular flexibility index (Phi) is 5.08. The summed E-state index contributed by atoms with van der Waals surface area (Å²) in [5.41, 5.74) is 1.01. The number of aromatic nitrogens is 3. The molecule has 1 aliphatic heterocycles. The highest BCUT2D eigenvalue weighted by Gasteiger charge is 2.23. The van der Waals surface area contributed by atoms with Crippen LogP contribution in [0.4, 0.5) is 5.82 Å². The number of amides is 1. The Morgan fingerprint density at radius 2 is 2.12 bits per heavy atom. The number of carbonyl (C=O) groups is 1. The number of hydrogen-bond donors (Lipinski definition) is 0. The van der Waals surface area contributed by atoms with E-state index in [0.29, 0.717) is 11.7 Å². The Morgan fingerprint density at radius 1 is 1.25 bits per heavy atom. The first-order chi connectivity index (χ1) is 11.6. The number of carbonyl (C=O) groups excluding carboxylic acids is 1. The number of likely N-dealkylation sites (tertiary alicyclic amines) is 1. The zero-order chi connectivity index (χ0) is 16.9. The average molecular weight is 329 g/mol. The highest BCUT2D eigenvalue weighted by atomic mass is 16.3. The second kappa shape index (κ2) is 7.42. The van der Waals surface area contributed by atoms with Crippen LogP contribution >= 0.6 is 0 Å². The third kappa shape index (κ3) is 3.90. The van der Waals surface area contributed by atoms with Crippen LogP contribution in [0.5, 0.6) is 0 Å². The van der Waals surface area contributed by atoms with Crippen LogP contribution in [0.3, 0.4) is 0 Å². The van der Waals surface area contributed by atoms with E-state index >= 15 is 0 Å². The SMILES string of the molecule is CN(C)c1cnc(C[C@H]2CCCN(C(=O)c3cnco3)CC2)cn1. The third-order valence-corrected chi connectivity index (χ3v) is 4.43. The molecule has 0 N–H and O–H groups in total. The van der Waals surface area contributed by atoms with Gasteiger partial charge in [-0.1, -0.05) is 0 Å². The quantitative estimate of drug-likeness (QED) is 0.854. The minimum atomic E-state index is -0.0664. The monoisotopic (exact) mass is 329 g/mol. The van der Waals surface area contributed by atoms with Gasteiger partial charge in [-0.25, -0.2) is 9.97 Å². The van der Waals surface area contributed by atoms with E-state index in [2.05, 4.69) is 15.0 Å². The molecular weight excluding hydrogens is 306 g/mol. The van der Waals surface area contributed by atoms with Crippen LogP contribution in [0.1, 0.15) is 35.5 Å². The van der Waals surface area contributed by atoms with E-state index in [1.165, 1.54) is 12.6 Å². The number of hydrogen-bond acceptors (Lipinski definition) is 6. The molecule has 1 aliphatic rings. The molecule has 1 atom stereocenters. The predicted octanol–water partition coefficient (Wildman–Crippen LogP) is 2.02. The molecule has 1 saturated heterocycles. The molecule has 2 aromatic heterocycles. The lowest BCUT2D eigenvalue weighted by Crippen LogP contribution is -2.31. The molecule has 24 heavy (non-hydrogen) atoms. The van der Waals surface area contributed by atoms with Gasteiger partial charge in [0, 0.05) is 27.2 Å². The fraction of sp³-hybridized carbons (Fsp3) is 0.529. The second-order valence-corrected chi connectivity index (χ2v) is 6.42. The maximum Gasteiger partial charge on any atom is 0.291 e. The average Bonchev–Trinajstić information content (AvgIpc) is 3.02. The van der Waals surface area contributed by atoms with Gasteiger partial charge < -0.3 is 14.2 Å². The van der Waals surface area contributed by atoms with Crippen molar-refractivity contribution in [3.05, 3.63) is 36.4 Å². The summed E-state index contributed by atoms with van der Waals surface area (Å²) < 4.78 is 5.12. The predicted molar refractivity (Wildman–Crippen MR) is 89.8 cm³/mol. The van der Waals surface area contributed by atoms with Gasteiger partial charge in [0.2, 0.25) is 5.76 Å². The van der Waals surface area contributed by atoms with E-state index in [9.17, 15) is 4.79 Å². The molecule has 1 fully saturated rings. The Labute approximate surface area is 141 Å². The molecule has 2 aromatic rings. The minimum Gasteiger partial charge on any atom is -0.438 e. The summed E-state index contributed by atoms with van der Waals surface area (Å²) >= 11 is 0. The maximum absolute atomic E-state index is 12.3. The fourth-order valence-electron chi connectivity index (χ4n) is 3.03. The van der Waals surface area contributed by atoms with Crippen LogP contribution in [0.25, 0.3) is 0 Å². The summed E-state index contributed by atoms with van der Waals surface area (Å²) in [5.74, 6) is 1.64. The summed E-state index contributed by atoms with van der Waals surface area (Å²) in [5, 5.41) is 0. The zero-order valence-corrected chi connectivity index (χ0v) is 14.2. The van der Waals surface area contributed by atoms with E-state index in [-0.39, 0.29) is 5.91 Å². The summed E-state index contributed by atoms with van der Waals surface area (Å²) in [7, 11) is 3.91. The van der Waals surface area contributed by atoms with E-state index < -0.39 is 0 Å². The van der Waals surface area contributed by atoms with Crippen molar-refractivity contribution in [2.75, 3.05) is 32.1 Å². The van der Waals surface area contributed by atoms with Gasteiger partial charge in [-0.05, 0) is 31.6 Å². The molecule has 3 rings (SSSR count). The summed E-state index contributed by atoms with van der Waals surface area (Å²) in [4.78, 5) is 28.9. The molecule has 0 unspecified atom stereocenters. The van der Waals surface area contributed by atoms with Gasteiger partial charge in [0.15, 0.2) is 6.39 Å². The topological polar surface area (TPSA) is 75.4 Å². The molecular formula is C17H23N5O2. The van der Waals surface area contributed by atoms with Crippen molar-refractivity contribution in [1.82, 2.24) is 19.9 Å². The fourth-order valence-corrected chi connectivity index (χ4v) is 3.03. The Hall–Kier alpha value is -2.44. The van der Waals surface area contributed by atoms with Gasteiger partial charge in [-0.2, -0.15) is 0 Å². The van der Waals surface area contributed by atoms with Crippen molar-refractivity contribution in [1.29, 1.82) is 0 Å². The Balaban J connectivity index is 1.56.